The highest BCUT2D eigenvalue weighted by molar-refractivity contribution is 6.31. The lowest BCUT2D eigenvalue weighted by atomic mass is 10.1. The highest BCUT2D eigenvalue weighted by Crippen LogP contribution is 2.12. The normalized spacial score (nSPS) is 11.4. The summed E-state index contributed by atoms with van der Waals surface area (Å²) < 4.78 is 1.36. The molecule has 0 aromatic carbocycles. The van der Waals surface area contributed by atoms with Crippen LogP contribution in [-0.2, 0) is 6.54 Å². The van der Waals surface area contributed by atoms with Crippen molar-refractivity contribution in [3.8, 4) is 0 Å². The first kappa shape index (κ1) is 14.5. The maximum Gasteiger partial charge on any atom is 0.352 e. The van der Waals surface area contributed by atoms with Crippen molar-refractivity contribution >= 4 is 17.5 Å². The van der Waals surface area contributed by atoms with Crippen molar-refractivity contribution < 1.29 is 0 Å². The lowest BCUT2D eigenvalue weighted by Crippen LogP contribution is -2.31. The van der Waals surface area contributed by atoms with E-state index in [1.54, 1.807) is 18.3 Å². The summed E-state index contributed by atoms with van der Waals surface area (Å²) in [5.74, 6) is 0.311. The van der Waals surface area contributed by atoms with Crippen molar-refractivity contribution in [3.05, 3.63) is 45.9 Å². The third kappa shape index (κ3) is 3.77. The van der Waals surface area contributed by atoms with Crippen molar-refractivity contribution in [1.29, 1.82) is 0 Å². The largest absolute Gasteiger partial charge is 0.352 e. The summed E-state index contributed by atoms with van der Waals surface area (Å²) >= 11 is 6.01. The molecule has 0 aliphatic rings. The molecule has 0 bridgehead atoms. The molecule has 0 saturated heterocycles. The zero-order valence-electron chi connectivity index (χ0n) is 11.6. The molecule has 2 rings (SSSR count). The van der Waals surface area contributed by atoms with E-state index in [9.17, 15) is 4.79 Å². The minimum Gasteiger partial charge on any atom is -0.349 e. The first-order chi connectivity index (χ1) is 9.35. The molecule has 0 fully saturated rings. The summed E-state index contributed by atoms with van der Waals surface area (Å²) in [5, 5.41) is 3.56. The Bertz CT molecular complexity index is 662. The van der Waals surface area contributed by atoms with Crippen LogP contribution < -0.4 is 11.0 Å². The van der Waals surface area contributed by atoms with Crippen molar-refractivity contribution in [2.75, 3.05) is 5.32 Å². The van der Waals surface area contributed by atoms with E-state index in [0.29, 0.717) is 16.7 Å². The summed E-state index contributed by atoms with van der Waals surface area (Å²) in [5.41, 5.74) is 0.00740. The number of rotatable bonds is 3. The van der Waals surface area contributed by atoms with Crippen LogP contribution in [0.2, 0.25) is 5.02 Å². The Morgan fingerprint density at radius 3 is 2.70 bits per heavy atom. The van der Waals surface area contributed by atoms with Crippen LogP contribution in [0.15, 0.2) is 29.5 Å². The fourth-order valence-corrected chi connectivity index (χ4v) is 1.74. The predicted molar refractivity (Wildman–Crippen MR) is 78.0 cm³/mol. The molecule has 2 heterocycles. The van der Waals surface area contributed by atoms with E-state index < -0.39 is 5.69 Å². The lowest BCUT2D eigenvalue weighted by molar-refractivity contribution is 0.615. The maximum absolute atomic E-state index is 11.9. The van der Waals surface area contributed by atoms with E-state index in [1.807, 2.05) is 20.8 Å². The number of aromatic nitrogens is 4. The van der Waals surface area contributed by atoms with Gasteiger partial charge in [-0.3, -0.25) is 9.55 Å². The highest BCUT2D eigenvalue weighted by atomic mass is 35.5. The molecule has 2 aromatic rings. The fraction of sp³-hybridized carbons (Fsp3) is 0.385. The number of nitrogens with zero attached hydrogens (tertiary/aromatic N) is 4. The van der Waals surface area contributed by atoms with Gasteiger partial charge in [0.2, 0.25) is 5.95 Å². The van der Waals surface area contributed by atoms with Crippen LogP contribution in [-0.4, -0.2) is 25.1 Å². The third-order valence-corrected chi connectivity index (χ3v) is 2.75. The van der Waals surface area contributed by atoms with E-state index >= 15 is 0 Å². The number of anilines is 1. The number of hydrogen-bond donors (Lipinski definition) is 1. The molecule has 0 unspecified atom stereocenters. The van der Waals surface area contributed by atoms with Gasteiger partial charge < -0.3 is 5.32 Å². The highest BCUT2D eigenvalue weighted by Gasteiger charge is 2.12. The quantitative estimate of drug-likeness (QED) is 0.936. The molecule has 6 nitrogen and oxygen atoms in total. The number of nitrogens with one attached hydrogen (secondary N) is 1. The topological polar surface area (TPSA) is 72.7 Å². The summed E-state index contributed by atoms with van der Waals surface area (Å²) in [6.45, 7) is 6.15. The van der Waals surface area contributed by atoms with Gasteiger partial charge in [0, 0.05) is 11.7 Å². The standard InChI is InChI=1S/C13H16ClN5O/c1-13(2,3)18-11-16-8-19(12(20)17-11)7-10-9(14)5-4-6-15-10/h4-6,8H,7H2,1-3H3,(H,17,18,20). The summed E-state index contributed by atoms with van der Waals surface area (Å²) in [4.78, 5) is 24.1. The maximum atomic E-state index is 11.9. The van der Waals surface area contributed by atoms with Crippen LogP contribution in [0.3, 0.4) is 0 Å². The Morgan fingerprint density at radius 1 is 1.35 bits per heavy atom. The van der Waals surface area contributed by atoms with Gasteiger partial charge in [0.25, 0.3) is 0 Å². The summed E-state index contributed by atoms with van der Waals surface area (Å²) in [7, 11) is 0. The van der Waals surface area contributed by atoms with Gasteiger partial charge in [0.15, 0.2) is 0 Å². The van der Waals surface area contributed by atoms with Crippen LogP contribution in [0.5, 0.6) is 0 Å². The number of hydrogen-bond acceptors (Lipinski definition) is 5. The molecule has 1 N–H and O–H groups in total. The van der Waals surface area contributed by atoms with Crippen molar-refractivity contribution in [1.82, 2.24) is 19.5 Å². The molecule has 0 aliphatic carbocycles. The second-order valence-corrected chi connectivity index (χ2v) is 5.80. The third-order valence-electron chi connectivity index (χ3n) is 2.41. The van der Waals surface area contributed by atoms with Gasteiger partial charge in [0.05, 0.1) is 17.3 Å². The Labute approximate surface area is 121 Å². The minimum atomic E-state index is -0.395. The minimum absolute atomic E-state index is 0.205. The Balaban J connectivity index is 2.23. The molecule has 0 saturated carbocycles. The van der Waals surface area contributed by atoms with Crippen LogP contribution >= 0.6 is 11.6 Å². The first-order valence-electron chi connectivity index (χ1n) is 6.16. The molecule has 20 heavy (non-hydrogen) atoms. The van der Waals surface area contributed by atoms with Gasteiger partial charge in [0.1, 0.15) is 6.33 Å². The van der Waals surface area contributed by atoms with Gasteiger partial charge in [-0.2, -0.15) is 4.98 Å². The van der Waals surface area contributed by atoms with Crippen LogP contribution in [0, 0.1) is 0 Å². The van der Waals surface area contributed by atoms with E-state index in [1.165, 1.54) is 10.9 Å². The van der Waals surface area contributed by atoms with E-state index in [2.05, 4.69) is 20.3 Å². The lowest BCUT2D eigenvalue weighted by Gasteiger charge is -2.20. The molecule has 0 spiro atoms. The number of pyridine rings is 1. The zero-order valence-corrected chi connectivity index (χ0v) is 12.3. The average Bonchev–Trinajstić information content (AvgIpc) is 2.33. The van der Waals surface area contributed by atoms with Gasteiger partial charge in [-0.25, -0.2) is 9.78 Å². The molecule has 0 aliphatic heterocycles. The Kier molecular flexibility index (Phi) is 4.04. The molecule has 106 valence electrons. The molecule has 2 aromatic heterocycles. The van der Waals surface area contributed by atoms with E-state index in [4.69, 9.17) is 11.6 Å². The number of halogens is 1. The molecule has 0 amide bonds. The van der Waals surface area contributed by atoms with Crippen molar-refractivity contribution in [2.24, 2.45) is 0 Å². The van der Waals surface area contributed by atoms with Gasteiger partial charge in [-0.05, 0) is 32.9 Å². The average molecular weight is 294 g/mol. The van der Waals surface area contributed by atoms with Crippen LogP contribution in [0.4, 0.5) is 5.95 Å². The van der Waals surface area contributed by atoms with E-state index in [-0.39, 0.29) is 12.1 Å². The smallest absolute Gasteiger partial charge is 0.349 e. The molecular weight excluding hydrogens is 278 g/mol. The van der Waals surface area contributed by atoms with Crippen molar-refractivity contribution in [3.63, 3.8) is 0 Å². The second kappa shape index (κ2) is 5.58. The summed E-state index contributed by atoms with van der Waals surface area (Å²) in [6, 6.07) is 3.47. The van der Waals surface area contributed by atoms with Crippen LogP contribution in [0.1, 0.15) is 26.5 Å². The molecular formula is C13H16ClN5O. The monoisotopic (exact) mass is 293 g/mol. The zero-order chi connectivity index (χ0) is 14.8. The van der Waals surface area contributed by atoms with Gasteiger partial charge in [-0.15, -0.1) is 0 Å². The molecule has 7 heteroatoms. The first-order valence-corrected chi connectivity index (χ1v) is 6.54. The summed E-state index contributed by atoms with van der Waals surface area (Å²) in [6.07, 6.45) is 3.07. The van der Waals surface area contributed by atoms with Crippen molar-refractivity contribution in [2.45, 2.75) is 32.9 Å². The Morgan fingerprint density at radius 2 is 2.10 bits per heavy atom. The predicted octanol–water partition coefficient (Wildman–Crippen LogP) is 1.95. The van der Waals surface area contributed by atoms with Gasteiger partial charge >= 0.3 is 5.69 Å². The SMILES string of the molecule is CC(C)(C)Nc1ncn(Cc2ncccc2Cl)c(=O)n1. The van der Waals surface area contributed by atoms with E-state index in [0.717, 1.165) is 0 Å². The second-order valence-electron chi connectivity index (χ2n) is 5.40. The van der Waals surface area contributed by atoms with Gasteiger partial charge in [-0.1, -0.05) is 11.6 Å². The molecule has 0 atom stereocenters. The fourth-order valence-electron chi connectivity index (χ4n) is 1.56. The molecule has 0 radical (unpaired) electrons. The van der Waals surface area contributed by atoms with Crippen LogP contribution in [0.25, 0.3) is 0 Å². The Hall–Kier alpha value is -1.95.